The van der Waals surface area contributed by atoms with Crippen LogP contribution in [0.25, 0.3) is 0 Å². The minimum Gasteiger partial charge on any atom is -0.463 e. The Labute approximate surface area is 181 Å². The zero-order chi connectivity index (χ0) is 22.6. The number of benzene rings is 2. The summed E-state index contributed by atoms with van der Waals surface area (Å²) in [5, 5.41) is 11.3. The number of rotatable bonds is 7. The predicted molar refractivity (Wildman–Crippen MR) is 117 cm³/mol. The number of carbonyl (C=O) groups excluding carboxylic acids is 2. The number of primary sulfonamides is 1. The van der Waals surface area contributed by atoms with Gasteiger partial charge in [0.15, 0.2) is 0 Å². The third-order valence-corrected chi connectivity index (χ3v) is 5.89. The Morgan fingerprint density at radius 3 is 2.32 bits per heavy atom. The summed E-state index contributed by atoms with van der Waals surface area (Å²) >= 11 is 0. The number of sulfonamides is 1. The molecule has 164 valence electrons. The van der Waals surface area contributed by atoms with Crippen LogP contribution in [0.5, 0.6) is 0 Å². The van der Waals surface area contributed by atoms with Gasteiger partial charge in [-0.2, -0.15) is 0 Å². The number of carbonyl (C=O) groups is 2. The molecule has 31 heavy (non-hydrogen) atoms. The average Bonchev–Trinajstić information content (AvgIpc) is 3.11. The van der Waals surface area contributed by atoms with E-state index >= 15 is 0 Å². The van der Waals surface area contributed by atoms with Crippen LogP contribution in [0.2, 0.25) is 0 Å². The van der Waals surface area contributed by atoms with E-state index in [1.807, 2.05) is 31.2 Å². The maximum Gasteiger partial charge on any atom is 0.335 e. The second kappa shape index (κ2) is 9.32. The van der Waals surface area contributed by atoms with Crippen molar-refractivity contribution in [3.63, 3.8) is 0 Å². The first-order valence-corrected chi connectivity index (χ1v) is 11.4. The van der Waals surface area contributed by atoms with Crippen molar-refractivity contribution >= 4 is 27.6 Å². The Morgan fingerprint density at radius 1 is 1.10 bits per heavy atom. The number of nitrogens with one attached hydrogen (secondary N) is 2. The molecule has 1 amide bonds. The van der Waals surface area contributed by atoms with Gasteiger partial charge in [-0.25, -0.2) is 18.4 Å². The molecule has 2 aromatic rings. The van der Waals surface area contributed by atoms with Gasteiger partial charge in [-0.05, 0) is 63.1 Å². The number of amides is 1. The van der Waals surface area contributed by atoms with Crippen molar-refractivity contribution in [2.45, 2.75) is 37.6 Å². The molecule has 0 aromatic heterocycles. The summed E-state index contributed by atoms with van der Waals surface area (Å²) < 4.78 is 28.0. The molecule has 2 aromatic carbocycles. The zero-order valence-corrected chi connectivity index (χ0v) is 18.2. The molecule has 1 aliphatic carbocycles. The number of anilines is 1. The van der Waals surface area contributed by atoms with Gasteiger partial charge < -0.3 is 15.4 Å². The SMILES string of the molecule is CCOC(=O)C1=C(NC(=O)c2ccc(S(N)(=O)=O)cc2)C(Nc2ccc(C)cc2)CC1. The van der Waals surface area contributed by atoms with Gasteiger partial charge in [0.1, 0.15) is 0 Å². The number of ether oxygens (including phenoxy) is 1. The average molecular weight is 444 g/mol. The molecule has 9 heteroatoms. The van der Waals surface area contributed by atoms with Crippen LogP contribution in [0.15, 0.2) is 64.7 Å². The first-order chi connectivity index (χ1) is 14.7. The first kappa shape index (κ1) is 22.5. The molecule has 0 radical (unpaired) electrons. The van der Waals surface area contributed by atoms with Crippen LogP contribution in [0.3, 0.4) is 0 Å². The molecule has 1 atom stereocenters. The number of hydrogen-bond acceptors (Lipinski definition) is 6. The van der Waals surface area contributed by atoms with Crippen molar-refractivity contribution in [3.05, 3.63) is 70.9 Å². The standard InChI is InChI=1S/C22H25N3O5S/c1-3-30-22(27)18-12-13-19(24-16-8-4-14(2)5-9-16)20(18)25-21(26)15-6-10-17(11-7-15)31(23,28)29/h4-11,19,24H,3,12-13H2,1-2H3,(H,25,26)(H2,23,28,29). The molecule has 1 unspecified atom stereocenters. The lowest BCUT2D eigenvalue weighted by atomic mass is 10.1. The predicted octanol–water partition coefficient (Wildman–Crippen LogP) is 2.46. The van der Waals surface area contributed by atoms with Crippen molar-refractivity contribution < 1.29 is 22.7 Å². The highest BCUT2D eigenvalue weighted by molar-refractivity contribution is 7.89. The molecular formula is C22H25N3O5S. The monoisotopic (exact) mass is 443 g/mol. The molecule has 0 aliphatic heterocycles. The highest BCUT2D eigenvalue weighted by atomic mass is 32.2. The molecular weight excluding hydrogens is 418 g/mol. The lowest BCUT2D eigenvalue weighted by molar-refractivity contribution is -0.138. The van der Waals surface area contributed by atoms with Crippen LogP contribution < -0.4 is 15.8 Å². The fourth-order valence-corrected chi connectivity index (χ4v) is 3.87. The van der Waals surface area contributed by atoms with E-state index in [0.29, 0.717) is 24.1 Å². The molecule has 0 saturated carbocycles. The Bertz CT molecular complexity index is 1110. The van der Waals surface area contributed by atoms with Gasteiger partial charge in [-0.15, -0.1) is 0 Å². The van der Waals surface area contributed by atoms with Crippen molar-refractivity contribution in [3.8, 4) is 0 Å². The summed E-state index contributed by atoms with van der Waals surface area (Å²) in [6.07, 6.45) is 1.07. The highest BCUT2D eigenvalue weighted by Gasteiger charge is 2.31. The van der Waals surface area contributed by atoms with Gasteiger partial charge in [0.2, 0.25) is 10.0 Å². The van der Waals surface area contributed by atoms with E-state index in [1.165, 1.54) is 24.3 Å². The van der Waals surface area contributed by atoms with Crippen molar-refractivity contribution in [2.75, 3.05) is 11.9 Å². The zero-order valence-electron chi connectivity index (χ0n) is 17.3. The Balaban J connectivity index is 1.85. The van der Waals surface area contributed by atoms with E-state index in [-0.39, 0.29) is 23.1 Å². The summed E-state index contributed by atoms with van der Waals surface area (Å²) in [7, 11) is -3.85. The molecule has 8 nitrogen and oxygen atoms in total. The number of hydrogen-bond donors (Lipinski definition) is 3. The number of aryl methyl sites for hydroxylation is 1. The topological polar surface area (TPSA) is 128 Å². The summed E-state index contributed by atoms with van der Waals surface area (Å²) in [6, 6.07) is 12.8. The van der Waals surface area contributed by atoms with Gasteiger partial charge in [-0.3, -0.25) is 4.79 Å². The fraction of sp³-hybridized carbons (Fsp3) is 0.273. The van der Waals surface area contributed by atoms with Gasteiger partial charge in [0.05, 0.1) is 28.8 Å². The maximum atomic E-state index is 12.8. The normalized spacial score (nSPS) is 16.2. The molecule has 4 N–H and O–H groups in total. The second-order valence-corrected chi connectivity index (χ2v) is 8.80. The second-order valence-electron chi connectivity index (χ2n) is 7.24. The Kier molecular flexibility index (Phi) is 6.77. The largest absolute Gasteiger partial charge is 0.463 e. The molecule has 0 saturated heterocycles. The van der Waals surface area contributed by atoms with Crippen LogP contribution in [-0.4, -0.2) is 32.9 Å². The first-order valence-electron chi connectivity index (χ1n) is 9.86. The van der Waals surface area contributed by atoms with E-state index < -0.39 is 21.9 Å². The van der Waals surface area contributed by atoms with Crippen LogP contribution in [-0.2, 0) is 19.6 Å². The van der Waals surface area contributed by atoms with Crippen LogP contribution >= 0.6 is 0 Å². The Hall–Kier alpha value is -3.17. The molecule has 0 heterocycles. The van der Waals surface area contributed by atoms with Gasteiger partial charge >= 0.3 is 5.97 Å². The van der Waals surface area contributed by atoms with Crippen molar-refractivity contribution in [1.29, 1.82) is 0 Å². The minimum absolute atomic E-state index is 0.0877. The third-order valence-electron chi connectivity index (χ3n) is 4.96. The number of esters is 1. The summed E-state index contributed by atoms with van der Waals surface area (Å²) in [5.41, 5.74) is 3.10. The maximum absolute atomic E-state index is 12.8. The number of nitrogens with two attached hydrogens (primary N) is 1. The van der Waals surface area contributed by atoms with Crippen LogP contribution in [0.1, 0.15) is 35.7 Å². The minimum atomic E-state index is -3.85. The van der Waals surface area contributed by atoms with Gasteiger partial charge in [-0.1, -0.05) is 17.7 Å². The molecule has 0 bridgehead atoms. The lowest BCUT2D eigenvalue weighted by Gasteiger charge is -2.20. The molecule has 1 aliphatic rings. The van der Waals surface area contributed by atoms with Gasteiger partial charge in [0, 0.05) is 11.3 Å². The Morgan fingerprint density at radius 2 is 1.74 bits per heavy atom. The van der Waals surface area contributed by atoms with E-state index in [0.717, 1.165) is 11.3 Å². The third kappa shape index (κ3) is 5.50. The smallest absolute Gasteiger partial charge is 0.335 e. The molecule has 0 fully saturated rings. The highest BCUT2D eigenvalue weighted by Crippen LogP contribution is 2.29. The van der Waals surface area contributed by atoms with Crippen LogP contribution in [0.4, 0.5) is 5.69 Å². The fourth-order valence-electron chi connectivity index (χ4n) is 3.36. The van der Waals surface area contributed by atoms with E-state index in [1.54, 1.807) is 6.92 Å². The lowest BCUT2D eigenvalue weighted by Crippen LogP contribution is -2.33. The quantitative estimate of drug-likeness (QED) is 0.564. The summed E-state index contributed by atoms with van der Waals surface area (Å²) in [6.45, 7) is 3.94. The molecule has 0 spiro atoms. The molecule has 3 rings (SSSR count). The van der Waals surface area contributed by atoms with Gasteiger partial charge in [0.25, 0.3) is 5.91 Å². The van der Waals surface area contributed by atoms with Crippen molar-refractivity contribution in [2.24, 2.45) is 5.14 Å². The van der Waals surface area contributed by atoms with E-state index in [9.17, 15) is 18.0 Å². The van der Waals surface area contributed by atoms with E-state index in [2.05, 4.69) is 10.6 Å². The summed E-state index contributed by atoms with van der Waals surface area (Å²) in [5.74, 6) is -0.925. The van der Waals surface area contributed by atoms with Crippen molar-refractivity contribution in [1.82, 2.24) is 5.32 Å². The van der Waals surface area contributed by atoms with E-state index in [4.69, 9.17) is 9.88 Å². The van der Waals surface area contributed by atoms with Crippen LogP contribution in [0, 0.1) is 6.92 Å². The summed E-state index contributed by atoms with van der Waals surface area (Å²) in [4.78, 5) is 25.2.